The zero-order chi connectivity index (χ0) is 19.6. The molecule has 0 radical (unpaired) electrons. The number of aromatic nitrogens is 2. The van der Waals surface area contributed by atoms with Gasteiger partial charge in [0.05, 0.1) is 11.9 Å². The highest BCUT2D eigenvalue weighted by atomic mass is 32.2. The van der Waals surface area contributed by atoms with E-state index < -0.39 is 22.0 Å². The molecular weight excluding hydrogens is 412 g/mol. The summed E-state index contributed by atoms with van der Waals surface area (Å²) >= 11 is 2.62. The molecule has 0 bridgehead atoms. The fraction of sp³-hybridized carbons (Fsp3) is 0.400. The van der Waals surface area contributed by atoms with Crippen LogP contribution < -0.4 is 19.1 Å². The molecule has 1 N–H and O–H groups in total. The molecule has 12 heteroatoms. The maximum atomic E-state index is 12.6. The maximum absolute atomic E-state index is 12.6. The predicted octanol–water partition coefficient (Wildman–Crippen LogP) is 1.82. The minimum atomic E-state index is -3.74. The van der Waals surface area contributed by atoms with Crippen LogP contribution in [0.2, 0.25) is 0 Å². The molecule has 0 aliphatic carbocycles. The standard InChI is InChI=1S/C15H18N4O5S3/c1-9(13(20)16-14-17-18-15(25-2)26-14)19(27(3,21)22)10-4-5-11-12(8-10)24-7-6-23-11/h4-5,8-9H,6-7H2,1-3H3,(H,16,17,20)/t9-/m1/s1. The number of nitrogens with one attached hydrogen (secondary N) is 1. The van der Waals surface area contributed by atoms with Crippen molar-refractivity contribution in [3.63, 3.8) is 0 Å². The average molecular weight is 431 g/mol. The van der Waals surface area contributed by atoms with E-state index in [0.29, 0.717) is 39.9 Å². The average Bonchev–Trinajstić information content (AvgIpc) is 3.08. The Bertz CT molecular complexity index is 947. The van der Waals surface area contributed by atoms with Gasteiger partial charge in [-0.3, -0.25) is 14.4 Å². The minimum Gasteiger partial charge on any atom is -0.486 e. The number of carbonyl (C=O) groups is 1. The number of carbonyl (C=O) groups excluding carboxylic acids is 1. The number of thioether (sulfide) groups is 1. The molecule has 1 aromatic carbocycles. The van der Waals surface area contributed by atoms with E-state index in [1.165, 1.54) is 30.0 Å². The lowest BCUT2D eigenvalue weighted by Crippen LogP contribution is -2.45. The third kappa shape index (κ3) is 4.45. The van der Waals surface area contributed by atoms with Gasteiger partial charge in [-0.15, -0.1) is 10.2 Å². The Morgan fingerprint density at radius 3 is 2.63 bits per heavy atom. The minimum absolute atomic E-state index is 0.312. The maximum Gasteiger partial charge on any atom is 0.249 e. The zero-order valence-electron chi connectivity index (χ0n) is 14.8. The molecule has 0 fully saturated rings. The topological polar surface area (TPSA) is 111 Å². The Labute approximate surface area is 165 Å². The van der Waals surface area contributed by atoms with Crippen molar-refractivity contribution < 1.29 is 22.7 Å². The summed E-state index contributed by atoms with van der Waals surface area (Å²) in [5.41, 5.74) is 0.312. The van der Waals surface area contributed by atoms with Crippen LogP contribution >= 0.6 is 23.1 Å². The lowest BCUT2D eigenvalue weighted by atomic mass is 10.2. The lowest BCUT2D eigenvalue weighted by Gasteiger charge is -2.29. The Morgan fingerprint density at radius 1 is 1.30 bits per heavy atom. The van der Waals surface area contributed by atoms with Crippen molar-refractivity contribution in [2.45, 2.75) is 17.3 Å². The van der Waals surface area contributed by atoms with Crippen molar-refractivity contribution in [1.82, 2.24) is 10.2 Å². The molecule has 0 saturated heterocycles. The molecule has 2 aromatic rings. The van der Waals surface area contributed by atoms with E-state index in [4.69, 9.17) is 9.47 Å². The SMILES string of the molecule is CSc1nnc(NC(=O)[C@@H](C)N(c2ccc3c(c2)OCCO3)S(C)(=O)=O)s1. The van der Waals surface area contributed by atoms with Crippen molar-refractivity contribution in [3.8, 4) is 11.5 Å². The molecule has 2 heterocycles. The normalized spacial score (nSPS) is 14.5. The molecule has 1 aliphatic rings. The second-order valence-corrected chi connectivity index (χ2v) is 9.52. The zero-order valence-corrected chi connectivity index (χ0v) is 17.3. The monoisotopic (exact) mass is 430 g/mol. The molecule has 1 aliphatic heterocycles. The summed E-state index contributed by atoms with van der Waals surface area (Å²) in [6.07, 6.45) is 2.90. The molecule has 0 saturated carbocycles. The summed E-state index contributed by atoms with van der Waals surface area (Å²) in [4.78, 5) is 12.6. The number of amides is 1. The van der Waals surface area contributed by atoms with Crippen LogP contribution in [0.5, 0.6) is 11.5 Å². The second-order valence-electron chi connectivity index (χ2n) is 5.63. The molecule has 1 aromatic heterocycles. The van der Waals surface area contributed by atoms with Crippen molar-refractivity contribution in [2.75, 3.05) is 35.3 Å². The van der Waals surface area contributed by atoms with Crippen LogP contribution in [0.15, 0.2) is 22.5 Å². The van der Waals surface area contributed by atoms with Gasteiger partial charge in [-0.2, -0.15) is 0 Å². The molecule has 27 heavy (non-hydrogen) atoms. The van der Waals surface area contributed by atoms with Gasteiger partial charge in [0.15, 0.2) is 15.8 Å². The fourth-order valence-corrected chi connectivity index (χ4v) is 4.87. The highest BCUT2D eigenvalue weighted by molar-refractivity contribution is 8.00. The van der Waals surface area contributed by atoms with Crippen LogP contribution in [-0.4, -0.2) is 56.3 Å². The van der Waals surface area contributed by atoms with Gasteiger partial charge >= 0.3 is 0 Å². The van der Waals surface area contributed by atoms with Crippen LogP contribution in [0.4, 0.5) is 10.8 Å². The highest BCUT2D eigenvalue weighted by Crippen LogP contribution is 2.35. The van der Waals surface area contributed by atoms with Gasteiger partial charge in [0, 0.05) is 6.07 Å². The quantitative estimate of drug-likeness (QED) is 0.546. The van der Waals surface area contributed by atoms with E-state index in [1.807, 2.05) is 6.26 Å². The number of benzene rings is 1. The lowest BCUT2D eigenvalue weighted by molar-refractivity contribution is -0.116. The molecule has 0 spiro atoms. The summed E-state index contributed by atoms with van der Waals surface area (Å²) in [7, 11) is -3.74. The molecule has 146 valence electrons. The molecule has 1 amide bonds. The molecular formula is C15H18N4O5S3. The van der Waals surface area contributed by atoms with Crippen molar-refractivity contribution in [2.24, 2.45) is 0 Å². The smallest absolute Gasteiger partial charge is 0.249 e. The number of hydrogen-bond acceptors (Lipinski definition) is 9. The van der Waals surface area contributed by atoms with Gasteiger partial charge in [-0.05, 0) is 25.3 Å². The van der Waals surface area contributed by atoms with Crippen molar-refractivity contribution >= 4 is 49.8 Å². The summed E-state index contributed by atoms with van der Waals surface area (Å²) in [5, 5.41) is 10.7. The summed E-state index contributed by atoms with van der Waals surface area (Å²) in [5.74, 6) is 0.460. The molecule has 9 nitrogen and oxygen atoms in total. The van der Waals surface area contributed by atoms with E-state index in [0.717, 1.165) is 10.6 Å². The number of hydrogen-bond donors (Lipinski definition) is 1. The van der Waals surface area contributed by atoms with E-state index in [-0.39, 0.29) is 0 Å². The van der Waals surface area contributed by atoms with E-state index in [1.54, 1.807) is 18.2 Å². The summed E-state index contributed by atoms with van der Waals surface area (Å²) in [6, 6.07) is 3.75. The van der Waals surface area contributed by atoms with Gasteiger partial charge in [-0.25, -0.2) is 8.42 Å². The van der Waals surface area contributed by atoms with Crippen molar-refractivity contribution in [3.05, 3.63) is 18.2 Å². The van der Waals surface area contributed by atoms with Crippen molar-refractivity contribution in [1.29, 1.82) is 0 Å². The highest BCUT2D eigenvalue weighted by Gasteiger charge is 2.30. The summed E-state index contributed by atoms with van der Waals surface area (Å²) < 4.78 is 37.5. The number of anilines is 2. The first kappa shape index (κ1) is 19.7. The van der Waals surface area contributed by atoms with Gasteiger partial charge in [-0.1, -0.05) is 23.1 Å². The first-order valence-corrected chi connectivity index (χ1v) is 11.8. The van der Waals surface area contributed by atoms with Crippen LogP contribution in [-0.2, 0) is 14.8 Å². The Balaban J connectivity index is 1.87. The van der Waals surface area contributed by atoms with Crippen LogP contribution in [0.3, 0.4) is 0 Å². The third-order valence-corrected chi connectivity index (χ3v) is 6.74. The first-order chi connectivity index (χ1) is 12.8. The Kier molecular flexibility index (Phi) is 5.77. The summed E-state index contributed by atoms with van der Waals surface area (Å²) in [6.45, 7) is 2.31. The number of nitrogens with zero attached hydrogens (tertiary/aromatic N) is 3. The number of rotatable bonds is 6. The molecule has 1 atom stereocenters. The van der Waals surface area contributed by atoms with E-state index >= 15 is 0 Å². The predicted molar refractivity (Wildman–Crippen MR) is 105 cm³/mol. The Hall–Kier alpha value is -2.05. The molecule has 3 rings (SSSR count). The largest absolute Gasteiger partial charge is 0.486 e. The van der Waals surface area contributed by atoms with E-state index in [9.17, 15) is 13.2 Å². The van der Waals surface area contributed by atoms with Crippen LogP contribution in [0, 0.1) is 0 Å². The fourth-order valence-electron chi connectivity index (χ4n) is 2.53. The van der Waals surface area contributed by atoms with Crippen LogP contribution in [0.1, 0.15) is 6.92 Å². The number of ether oxygens (including phenoxy) is 2. The van der Waals surface area contributed by atoms with Gasteiger partial charge < -0.3 is 9.47 Å². The van der Waals surface area contributed by atoms with E-state index in [2.05, 4.69) is 15.5 Å². The first-order valence-electron chi connectivity index (χ1n) is 7.87. The van der Waals surface area contributed by atoms with Gasteiger partial charge in [0.2, 0.25) is 21.1 Å². The van der Waals surface area contributed by atoms with Gasteiger partial charge in [0.1, 0.15) is 19.3 Å². The molecule has 0 unspecified atom stereocenters. The van der Waals surface area contributed by atoms with Crippen LogP contribution in [0.25, 0.3) is 0 Å². The third-order valence-electron chi connectivity index (χ3n) is 3.68. The van der Waals surface area contributed by atoms with Gasteiger partial charge in [0.25, 0.3) is 0 Å². The number of fused-ring (bicyclic) bond motifs is 1. The second kappa shape index (κ2) is 7.90. The Morgan fingerprint density at radius 2 is 2.00 bits per heavy atom. The number of sulfonamides is 1.